The fraction of sp³-hybridized carbons (Fsp3) is 0.391. The Bertz CT molecular complexity index is 1110. The summed E-state index contributed by atoms with van der Waals surface area (Å²) in [6.07, 6.45) is -2.20. The number of carboxylic acids is 1. The summed E-state index contributed by atoms with van der Waals surface area (Å²) >= 11 is 0. The van der Waals surface area contributed by atoms with Crippen LogP contribution in [0.15, 0.2) is 41.7 Å². The largest absolute Gasteiger partial charge is 0.494 e. The van der Waals surface area contributed by atoms with Gasteiger partial charge in [-0.15, -0.1) is 0 Å². The van der Waals surface area contributed by atoms with E-state index in [4.69, 9.17) is 14.6 Å². The molecule has 9 nitrogen and oxygen atoms in total. The van der Waals surface area contributed by atoms with Gasteiger partial charge in [0, 0.05) is 12.1 Å². The van der Waals surface area contributed by atoms with E-state index in [1.807, 2.05) is 0 Å². The molecule has 0 saturated heterocycles. The minimum atomic E-state index is -4.50. The van der Waals surface area contributed by atoms with Gasteiger partial charge in [-0.3, -0.25) is 9.59 Å². The van der Waals surface area contributed by atoms with Gasteiger partial charge in [-0.05, 0) is 43.0 Å². The molecule has 1 aromatic carbocycles. The molecule has 1 heterocycles. The molecule has 1 fully saturated rings. The Morgan fingerprint density at radius 1 is 1.26 bits per heavy atom. The molecule has 3 rings (SSSR count). The van der Waals surface area contributed by atoms with Crippen LogP contribution in [0.2, 0.25) is 0 Å². The van der Waals surface area contributed by atoms with Crippen LogP contribution in [0.25, 0.3) is 0 Å². The topological polar surface area (TPSA) is 130 Å². The second-order valence-corrected chi connectivity index (χ2v) is 7.98. The zero-order chi connectivity index (χ0) is 25.6. The van der Waals surface area contributed by atoms with Crippen molar-refractivity contribution in [3.05, 3.63) is 58.9 Å². The lowest BCUT2D eigenvalue weighted by Gasteiger charge is -2.15. The number of ether oxygens (including phenoxy) is 2. The lowest BCUT2D eigenvalue weighted by molar-refractivity contribution is -0.141. The number of rotatable bonds is 9. The summed E-state index contributed by atoms with van der Waals surface area (Å²) in [6.45, 7) is -0.332. The average molecular weight is 495 g/mol. The molecule has 35 heavy (non-hydrogen) atoms. The van der Waals surface area contributed by atoms with Gasteiger partial charge in [-0.1, -0.05) is 17.3 Å². The quantitative estimate of drug-likeness (QED) is 0.276. The number of nitrogens with one attached hydrogen (secondary N) is 1. The summed E-state index contributed by atoms with van der Waals surface area (Å²) in [4.78, 5) is 27.7. The van der Waals surface area contributed by atoms with Crippen LogP contribution in [0, 0.1) is 5.92 Å². The molecule has 2 atom stereocenters. The van der Waals surface area contributed by atoms with Crippen LogP contribution in [0.5, 0.6) is 5.75 Å². The molecular weight excluding hydrogens is 471 g/mol. The Morgan fingerprint density at radius 3 is 2.66 bits per heavy atom. The Hall–Kier alpha value is -3.67. The van der Waals surface area contributed by atoms with E-state index in [0.717, 1.165) is 12.1 Å². The van der Waals surface area contributed by atoms with Crippen LogP contribution in [0.3, 0.4) is 0 Å². The number of carbonyl (C=O) groups excluding carboxylic acids is 1. The molecule has 0 aliphatic heterocycles. The standard InChI is InChI=1S/C23H24F3N3O6/c1-34-20-11-27-18(21(30)28-10-13-3-2-4-15(7-13)23(24,25)26)9-17(20)19(29-33)12-35-16-6-5-14(8-16)22(31)32/h2-4,7,9,11,14,16,33H,5-6,8,10,12H2,1H3,(H,28,30)(H,31,32). The van der Waals surface area contributed by atoms with Gasteiger partial charge >= 0.3 is 12.1 Å². The SMILES string of the molecule is COc1cnc(C(=O)NCc2cccc(C(F)(F)F)c2)cc1C(COC1CCC(C(=O)O)C1)=NO. The van der Waals surface area contributed by atoms with Crippen LogP contribution >= 0.6 is 0 Å². The number of alkyl halides is 3. The summed E-state index contributed by atoms with van der Waals surface area (Å²) in [5.74, 6) is -1.84. The van der Waals surface area contributed by atoms with E-state index in [0.29, 0.717) is 19.3 Å². The van der Waals surface area contributed by atoms with Crippen LogP contribution < -0.4 is 10.1 Å². The zero-order valence-corrected chi connectivity index (χ0v) is 18.7. The molecule has 2 aromatic rings. The molecule has 1 saturated carbocycles. The van der Waals surface area contributed by atoms with E-state index < -0.39 is 29.5 Å². The minimum absolute atomic E-state index is 0.0370. The van der Waals surface area contributed by atoms with Crippen molar-refractivity contribution in [2.45, 2.75) is 38.1 Å². The highest BCUT2D eigenvalue weighted by Crippen LogP contribution is 2.30. The lowest BCUT2D eigenvalue weighted by atomic mass is 10.1. The first-order valence-corrected chi connectivity index (χ1v) is 10.7. The van der Waals surface area contributed by atoms with Gasteiger partial charge < -0.3 is 25.1 Å². The first-order valence-electron chi connectivity index (χ1n) is 10.7. The molecule has 12 heteroatoms. The normalized spacial score (nSPS) is 18.3. The number of benzene rings is 1. The Labute approximate surface area is 198 Å². The van der Waals surface area contributed by atoms with Gasteiger partial charge in [-0.2, -0.15) is 13.2 Å². The third-order valence-corrected chi connectivity index (χ3v) is 5.65. The predicted molar refractivity (Wildman–Crippen MR) is 116 cm³/mol. The summed E-state index contributed by atoms with van der Waals surface area (Å²) in [5.41, 5.74) is -0.392. The summed E-state index contributed by atoms with van der Waals surface area (Å²) < 4.78 is 49.6. The molecule has 1 amide bonds. The minimum Gasteiger partial charge on any atom is -0.494 e. The predicted octanol–water partition coefficient (Wildman–Crippen LogP) is 3.49. The molecule has 1 aromatic heterocycles. The number of hydrogen-bond acceptors (Lipinski definition) is 7. The number of nitrogens with zero attached hydrogens (tertiary/aromatic N) is 2. The Balaban J connectivity index is 1.69. The number of methoxy groups -OCH3 is 1. The van der Waals surface area contributed by atoms with Crippen molar-refractivity contribution in [1.82, 2.24) is 10.3 Å². The zero-order valence-electron chi connectivity index (χ0n) is 18.7. The lowest BCUT2D eigenvalue weighted by Crippen LogP contribution is -2.25. The highest BCUT2D eigenvalue weighted by Gasteiger charge is 2.31. The third kappa shape index (κ3) is 6.69. The van der Waals surface area contributed by atoms with Crippen LogP contribution in [-0.4, -0.2) is 52.7 Å². The number of hydrogen-bond donors (Lipinski definition) is 3. The van der Waals surface area contributed by atoms with Crippen molar-refractivity contribution in [3.63, 3.8) is 0 Å². The highest BCUT2D eigenvalue weighted by atomic mass is 19.4. The van der Waals surface area contributed by atoms with Crippen LogP contribution in [0.4, 0.5) is 13.2 Å². The molecule has 2 unspecified atom stereocenters. The second-order valence-electron chi connectivity index (χ2n) is 7.98. The van der Waals surface area contributed by atoms with E-state index in [2.05, 4.69) is 15.5 Å². The third-order valence-electron chi connectivity index (χ3n) is 5.65. The molecule has 0 spiro atoms. The van der Waals surface area contributed by atoms with Gasteiger partial charge in [0.25, 0.3) is 5.91 Å². The molecule has 0 radical (unpaired) electrons. The first kappa shape index (κ1) is 25.9. The van der Waals surface area contributed by atoms with Crippen molar-refractivity contribution in [2.24, 2.45) is 11.1 Å². The van der Waals surface area contributed by atoms with Crippen LogP contribution in [0.1, 0.15) is 46.4 Å². The van der Waals surface area contributed by atoms with E-state index >= 15 is 0 Å². The highest BCUT2D eigenvalue weighted by molar-refractivity contribution is 6.05. The molecule has 1 aliphatic rings. The molecule has 188 valence electrons. The van der Waals surface area contributed by atoms with Crippen molar-refractivity contribution >= 4 is 17.6 Å². The maximum atomic E-state index is 12.9. The summed E-state index contributed by atoms with van der Waals surface area (Å²) in [7, 11) is 1.36. The van der Waals surface area contributed by atoms with Gasteiger partial charge in [0.2, 0.25) is 0 Å². The molecule has 3 N–H and O–H groups in total. The van der Waals surface area contributed by atoms with Gasteiger partial charge in [0.05, 0.1) is 37.5 Å². The molecule has 1 aliphatic carbocycles. The number of halogens is 3. The van der Waals surface area contributed by atoms with Crippen molar-refractivity contribution in [3.8, 4) is 5.75 Å². The van der Waals surface area contributed by atoms with Crippen molar-refractivity contribution in [2.75, 3.05) is 13.7 Å². The number of carbonyl (C=O) groups is 2. The van der Waals surface area contributed by atoms with Gasteiger partial charge in [-0.25, -0.2) is 4.98 Å². The van der Waals surface area contributed by atoms with E-state index in [9.17, 15) is 28.0 Å². The molecule has 0 bridgehead atoms. The van der Waals surface area contributed by atoms with E-state index in [1.54, 1.807) is 0 Å². The number of pyridine rings is 1. The number of carboxylic acid groups (broad SMARTS) is 1. The van der Waals surface area contributed by atoms with Gasteiger partial charge in [0.1, 0.15) is 17.2 Å². The fourth-order valence-corrected chi connectivity index (χ4v) is 3.76. The fourth-order valence-electron chi connectivity index (χ4n) is 3.76. The van der Waals surface area contributed by atoms with E-state index in [1.165, 1.54) is 31.5 Å². The average Bonchev–Trinajstić information content (AvgIpc) is 3.32. The second kappa shape index (κ2) is 11.2. The van der Waals surface area contributed by atoms with Crippen LogP contribution in [-0.2, 0) is 22.3 Å². The smallest absolute Gasteiger partial charge is 0.416 e. The molecular formula is C23H24F3N3O6. The number of oxime groups is 1. The number of aliphatic carboxylic acids is 1. The Morgan fingerprint density at radius 2 is 2.03 bits per heavy atom. The maximum absolute atomic E-state index is 12.9. The van der Waals surface area contributed by atoms with E-state index in [-0.39, 0.29) is 47.5 Å². The Kier molecular flexibility index (Phi) is 8.28. The van der Waals surface area contributed by atoms with Gasteiger partial charge in [0.15, 0.2) is 0 Å². The first-order chi connectivity index (χ1) is 16.6. The van der Waals surface area contributed by atoms with Crippen molar-refractivity contribution < 1.29 is 42.5 Å². The monoisotopic (exact) mass is 495 g/mol. The summed E-state index contributed by atoms with van der Waals surface area (Å²) in [5, 5.41) is 24.4. The number of amides is 1. The maximum Gasteiger partial charge on any atom is 0.416 e. The van der Waals surface area contributed by atoms with Crippen molar-refractivity contribution in [1.29, 1.82) is 0 Å². The number of aromatic nitrogens is 1. The summed E-state index contributed by atoms with van der Waals surface area (Å²) in [6, 6.07) is 5.90.